The molecular weight excluding hydrogens is 427 g/mol. The van der Waals surface area contributed by atoms with Crippen LogP contribution in [0.4, 0.5) is 5.13 Å². The average Bonchev–Trinajstić information content (AvgIpc) is 3.16. The van der Waals surface area contributed by atoms with Crippen LogP contribution in [0.2, 0.25) is 5.02 Å². The number of thiazole rings is 1. The summed E-state index contributed by atoms with van der Waals surface area (Å²) in [5, 5.41) is 10.2. The van der Waals surface area contributed by atoms with Crippen molar-refractivity contribution in [1.82, 2.24) is 9.88 Å². The third-order valence-electron chi connectivity index (χ3n) is 4.63. The Hall–Kier alpha value is -2.17. The number of aromatic nitrogens is 1. The summed E-state index contributed by atoms with van der Waals surface area (Å²) in [4.78, 5) is 21.9. The molecule has 8 heteroatoms. The van der Waals surface area contributed by atoms with Gasteiger partial charge in [-0.25, -0.2) is 4.98 Å². The summed E-state index contributed by atoms with van der Waals surface area (Å²) in [5.41, 5.74) is 1.77. The van der Waals surface area contributed by atoms with Crippen LogP contribution in [0.1, 0.15) is 29.8 Å². The maximum Gasteiger partial charge on any atom is 0.260 e. The number of carbonyl (C=O) groups is 1. The van der Waals surface area contributed by atoms with Crippen LogP contribution in [0.15, 0.2) is 42.5 Å². The molecule has 0 N–H and O–H groups in total. The number of amides is 1. The van der Waals surface area contributed by atoms with Gasteiger partial charge >= 0.3 is 0 Å². The number of carbonyl (C=O) groups excluding carboxylic acids is 1. The Morgan fingerprint density at radius 1 is 1.14 bits per heavy atom. The van der Waals surface area contributed by atoms with E-state index in [4.69, 9.17) is 16.9 Å². The van der Waals surface area contributed by atoms with Gasteiger partial charge in [0.2, 0.25) is 0 Å². The first kappa shape index (κ1) is 23.1. The SMILES string of the molecule is CCN(CC)CCN(C(=O)c1ccc(C#N)cc1)c1nc2c(Cl)cccc2s1.Cl. The highest BCUT2D eigenvalue weighted by molar-refractivity contribution is 7.22. The Morgan fingerprint density at radius 2 is 1.83 bits per heavy atom. The smallest absolute Gasteiger partial charge is 0.260 e. The van der Waals surface area contributed by atoms with E-state index in [0.717, 1.165) is 24.3 Å². The number of nitriles is 1. The van der Waals surface area contributed by atoms with Crippen LogP contribution in [0.3, 0.4) is 0 Å². The maximum absolute atomic E-state index is 13.3. The van der Waals surface area contributed by atoms with Crippen LogP contribution >= 0.6 is 35.3 Å². The minimum Gasteiger partial charge on any atom is -0.302 e. The van der Waals surface area contributed by atoms with Gasteiger partial charge in [-0.1, -0.05) is 42.9 Å². The number of anilines is 1. The average molecular weight is 449 g/mol. The van der Waals surface area contributed by atoms with Gasteiger partial charge in [-0.3, -0.25) is 9.69 Å². The number of rotatable bonds is 7. The zero-order valence-electron chi connectivity index (χ0n) is 16.3. The minimum absolute atomic E-state index is 0. The summed E-state index contributed by atoms with van der Waals surface area (Å²) >= 11 is 7.74. The van der Waals surface area contributed by atoms with E-state index in [9.17, 15) is 4.79 Å². The van der Waals surface area contributed by atoms with Crippen LogP contribution in [-0.4, -0.2) is 42.0 Å². The predicted octanol–water partition coefficient (Wildman–Crippen LogP) is 5.23. The van der Waals surface area contributed by atoms with E-state index in [1.807, 2.05) is 12.1 Å². The molecule has 0 unspecified atom stereocenters. The van der Waals surface area contributed by atoms with E-state index >= 15 is 0 Å². The Morgan fingerprint density at radius 3 is 2.41 bits per heavy atom. The number of nitrogens with zero attached hydrogens (tertiary/aromatic N) is 4. The highest BCUT2D eigenvalue weighted by Gasteiger charge is 2.22. The largest absolute Gasteiger partial charge is 0.302 e. The van der Waals surface area contributed by atoms with Gasteiger partial charge in [0.25, 0.3) is 5.91 Å². The minimum atomic E-state index is -0.133. The molecule has 1 heterocycles. The van der Waals surface area contributed by atoms with Crippen LogP contribution < -0.4 is 4.90 Å². The van der Waals surface area contributed by atoms with Crippen molar-refractivity contribution in [3.05, 3.63) is 58.6 Å². The third-order valence-corrected chi connectivity index (χ3v) is 5.98. The lowest BCUT2D eigenvalue weighted by Crippen LogP contribution is -2.38. The fourth-order valence-electron chi connectivity index (χ4n) is 2.93. The van der Waals surface area contributed by atoms with Crippen molar-refractivity contribution in [3.63, 3.8) is 0 Å². The zero-order chi connectivity index (χ0) is 20.1. The molecule has 3 rings (SSSR count). The second kappa shape index (κ2) is 10.6. The summed E-state index contributed by atoms with van der Waals surface area (Å²) in [6.07, 6.45) is 0. The van der Waals surface area contributed by atoms with E-state index in [-0.39, 0.29) is 18.3 Å². The number of benzene rings is 2. The first-order valence-corrected chi connectivity index (χ1v) is 10.4. The molecule has 3 aromatic rings. The van der Waals surface area contributed by atoms with Gasteiger partial charge in [-0.05, 0) is 49.5 Å². The van der Waals surface area contributed by atoms with Crippen LogP contribution in [0.25, 0.3) is 10.2 Å². The van der Waals surface area contributed by atoms with Crippen molar-refractivity contribution in [3.8, 4) is 6.07 Å². The molecule has 152 valence electrons. The molecule has 0 aliphatic heterocycles. The summed E-state index contributed by atoms with van der Waals surface area (Å²) in [6, 6.07) is 14.4. The summed E-state index contributed by atoms with van der Waals surface area (Å²) in [7, 11) is 0. The molecule has 1 aromatic heterocycles. The monoisotopic (exact) mass is 448 g/mol. The van der Waals surface area contributed by atoms with Gasteiger partial charge in [0.1, 0.15) is 5.52 Å². The molecule has 0 atom stereocenters. The lowest BCUT2D eigenvalue weighted by atomic mass is 10.1. The second-order valence-corrected chi connectivity index (χ2v) is 7.67. The molecule has 0 saturated heterocycles. The molecule has 0 aliphatic rings. The van der Waals surface area contributed by atoms with E-state index in [1.54, 1.807) is 35.2 Å². The van der Waals surface area contributed by atoms with Crippen molar-refractivity contribution < 1.29 is 4.79 Å². The fraction of sp³-hybridized carbons (Fsp3) is 0.286. The van der Waals surface area contributed by atoms with Crippen molar-refractivity contribution in [2.45, 2.75) is 13.8 Å². The molecule has 2 aromatic carbocycles. The molecule has 0 bridgehead atoms. The van der Waals surface area contributed by atoms with Crippen LogP contribution in [-0.2, 0) is 0 Å². The van der Waals surface area contributed by atoms with Crippen LogP contribution in [0, 0.1) is 11.3 Å². The molecule has 0 aliphatic carbocycles. The molecule has 0 fully saturated rings. The van der Waals surface area contributed by atoms with E-state index in [2.05, 4.69) is 29.8 Å². The van der Waals surface area contributed by atoms with E-state index < -0.39 is 0 Å². The fourth-order valence-corrected chi connectivity index (χ4v) is 4.22. The molecule has 29 heavy (non-hydrogen) atoms. The second-order valence-electron chi connectivity index (χ2n) is 6.26. The van der Waals surface area contributed by atoms with Crippen LogP contribution in [0.5, 0.6) is 0 Å². The first-order valence-electron chi connectivity index (χ1n) is 9.16. The molecule has 0 saturated carbocycles. The number of likely N-dealkylation sites (N-methyl/N-ethyl adjacent to an activating group) is 1. The van der Waals surface area contributed by atoms with E-state index in [0.29, 0.717) is 33.3 Å². The summed E-state index contributed by atoms with van der Waals surface area (Å²) in [6.45, 7) is 7.32. The quantitative estimate of drug-likeness (QED) is 0.496. The molecule has 5 nitrogen and oxygen atoms in total. The standard InChI is InChI=1S/C21H21ClN4OS.ClH/c1-3-25(4-2)12-13-26(20(27)16-10-8-15(14-23)9-11-16)21-24-19-17(22)6-5-7-18(19)28-21;/h5-11H,3-4,12-13H2,1-2H3;1H. The zero-order valence-corrected chi connectivity index (χ0v) is 18.7. The number of fused-ring (bicyclic) bond motifs is 1. The third kappa shape index (κ3) is 5.26. The predicted molar refractivity (Wildman–Crippen MR) is 122 cm³/mol. The van der Waals surface area contributed by atoms with Gasteiger partial charge < -0.3 is 4.90 Å². The van der Waals surface area contributed by atoms with Gasteiger partial charge in [-0.15, -0.1) is 12.4 Å². The normalized spacial score (nSPS) is 10.6. The molecule has 0 radical (unpaired) electrons. The Labute approximate surface area is 185 Å². The van der Waals surface area contributed by atoms with Crippen molar-refractivity contribution in [1.29, 1.82) is 5.26 Å². The van der Waals surface area contributed by atoms with Crippen molar-refractivity contribution in [2.75, 3.05) is 31.1 Å². The highest BCUT2D eigenvalue weighted by atomic mass is 35.5. The van der Waals surface area contributed by atoms with Gasteiger partial charge in [0.15, 0.2) is 5.13 Å². The van der Waals surface area contributed by atoms with Gasteiger partial charge in [-0.2, -0.15) is 5.26 Å². The number of halogens is 2. The lowest BCUT2D eigenvalue weighted by Gasteiger charge is -2.24. The van der Waals surface area contributed by atoms with E-state index in [1.165, 1.54) is 11.3 Å². The van der Waals surface area contributed by atoms with Gasteiger partial charge in [0.05, 0.1) is 21.4 Å². The molecule has 0 spiro atoms. The lowest BCUT2D eigenvalue weighted by molar-refractivity contribution is 0.0984. The number of hydrogen-bond donors (Lipinski definition) is 0. The maximum atomic E-state index is 13.3. The molecule has 1 amide bonds. The topological polar surface area (TPSA) is 60.2 Å². The Balaban J connectivity index is 0.00000300. The molecular formula is C21H22Cl2N4OS. The highest BCUT2D eigenvalue weighted by Crippen LogP contribution is 2.33. The summed E-state index contributed by atoms with van der Waals surface area (Å²) < 4.78 is 0.947. The Bertz CT molecular complexity index is 1010. The van der Waals surface area contributed by atoms with Crippen molar-refractivity contribution >= 4 is 56.6 Å². The first-order chi connectivity index (χ1) is 13.6. The van der Waals surface area contributed by atoms with Crippen molar-refractivity contribution in [2.24, 2.45) is 0 Å². The Kier molecular flexibility index (Phi) is 8.42. The summed E-state index contributed by atoms with van der Waals surface area (Å²) in [5.74, 6) is -0.133. The van der Waals surface area contributed by atoms with Gasteiger partial charge in [0, 0.05) is 18.7 Å². The number of para-hydroxylation sites is 1. The number of hydrogen-bond acceptors (Lipinski definition) is 5.